The van der Waals surface area contributed by atoms with E-state index in [1.165, 1.54) is 23.1 Å². The Kier molecular flexibility index (Phi) is 6.15. The van der Waals surface area contributed by atoms with Gasteiger partial charge in [-0.05, 0) is 55.6 Å². The van der Waals surface area contributed by atoms with Crippen molar-refractivity contribution in [3.05, 3.63) is 51.2 Å². The molecule has 0 bridgehead atoms. The zero-order valence-electron chi connectivity index (χ0n) is 16.2. The van der Waals surface area contributed by atoms with Crippen molar-refractivity contribution in [2.24, 2.45) is 0 Å². The van der Waals surface area contributed by atoms with Crippen LogP contribution in [0.1, 0.15) is 40.5 Å². The van der Waals surface area contributed by atoms with E-state index in [0.717, 1.165) is 30.2 Å². The van der Waals surface area contributed by atoms with Crippen molar-refractivity contribution >= 4 is 50.5 Å². The molecule has 2 saturated heterocycles. The molecule has 1 aromatic heterocycles. The van der Waals surface area contributed by atoms with Crippen LogP contribution in [0.5, 0.6) is 0 Å². The van der Waals surface area contributed by atoms with Crippen molar-refractivity contribution in [1.29, 1.82) is 0 Å². The van der Waals surface area contributed by atoms with Crippen molar-refractivity contribution in [2.75, 3.05) is 29.7 Å². The van der Waals surface area contributed by atoms with E-state index < -0.39 is 15.9 Å². The van der Waals surface area contributed by atoms with Crippen molar-refractivity contribution in [2.45, 2.75) is 25.3 Å². The number of sulfonamides is 1. The van der Waals surface area contributed by atoms with Gasteiger partial charge in [0.15, 0.2) is 0 Å². The number of carbonyl (C=O) groups excluding carboxylic acids is 2. The van der Waals surface area contributed by atoms with E-state index in [2.05, 4.69) is 16.3 Å². The summed E-state index contributed by atoms with van der Waals surface area (Å²) in [6, 6.07) is 8.46. The summed E-state index contributed by atoms with van der Waals surface area (Å²) in [5, 5.41) is 5.10. The number of nitrogens with one attached hydrogen (secondary N) is 1. The SMILES string of the molecule is O=C(NCC(c1cccs1)N1CCCC1)c1ccc(N2C(=O)CCS2(=O)=O)cc1Cl. The number of thiophene rings is 1. The molecule has 0 spiro atoms. The van der Waals surface area contributed by atoms with Gasteiger partial charge >= 0.3 is 0 Å². The Labute approximate surface area is 184 Å². The van der Waals surface area contributed by atoms with Crippen molar-refractivity contribution in [3.63, 3.8) is 0 Å². The fourth-order valence-corrected chi connectivity index (χ4v) is 6.48. The normalized spacial score (nSPS) is 19.9. The van der Waals surface area contributed by atoms with Crippen LogP contribution >= 0.6 is 22.9 Å². The maximum Gasteiger partial charge on any atom is 0.252 e. The molecule has 3 heterocycles. The number of amides is 2. The largest absolute Gasteiger partial charge is 0.350 e. The minimum Gasteiger partial charge on any atom is -0.350 e. The monoisotopic (exact) mass is 467 g/mol. The van der Waals surface area contributed by atoms with Gasteiger partial charge in [0.1, 0.15) is 0 Å². The lowest BCUT2D eigenvalue weighted by Gasteiger charge is -2.27. The summed E-state index contributed by atoms with van der Waals surface area (Å²) in [5.74, 6) is -1.04. The highest BCUT2D eigenvalue weighted by Crippen LogP contribution is 2.30. The molecule has 2 aliphatic rings. The third kappa shape index (κ3) is 4.25. The first kappa shape index (κ1) is 21.3. The van der Waals surface area contributed by atoms with Crippen LogP contribution in [0.15, 0.2) is 35.7 Å². The first-order valence-corrected chi connectivity index (χ1v) is 12.6. The topological polar surface area (TPSA) is 86.8 Å². The van der Waals surface area contributed by atoms with Crippen LogP contribution < -0.4 is 9.62 Å². The number of likely N-dealkylation sites (tertiary alicyclic amines) is 1. The molecule has 2 aliphatic heterocycles. The molecule has 7 nitrogen and oxygen atoms in total. The van der Waals surface area contributed by atoms with Gasteiger partial charge in [0, 0.05) is 17.8 Å². The number of carbonyl (C=O) groups is 2. The fraction of sp³-hybridized carbons (Fsp3) is 0.400. The second-order valence-corrected chi connectivity index (χ2v) is 10.7. The third-order valence-electron chi connectivity index (χ3n) is 5.42. The minimum atomic E-state index is -3.68. The van der Waals surface area contributed by atoms with Gasteiger partial charge in [-0.25, -0.2) is 12.7 Å². The predicted octanol–water partition coefficient (Wildman–Crippen LogP) is 3.03. The molecule has 1 unspecified atom stereocenters. The standard InChI is InChI=1S/C20H22ClN3O4S2/c21-16-12-14(24-19(25)7-11-30(24,27)28)5-6-15(16)20(26)22-13-17(18-4-3-10-29-18)23-8-1-2-9-23/h3-6,10,12,17H,1-2,7-9,11,13H2,(H,22,26). The van der Waals surface area contributed by atoms with Crippen molar-refractivity contribution in [1.82, 2.24) is 10.2 Å². The summed E-state index contributed by atoms with van der Waals surface area (Å²) in [6.45, 7) is 2.47. The number of rotatable bonds is 6. The van der Waals surface area contributed by atoms with E-state index in [0.29, 0.717) is 6.54 Å². The summed E-state index contributed by atoms with van der Waals surface area (Å²) in [4.78, 5) is 28.3. The average molecular weight is 468 g/mol. The molecule has 0 radical (unpaired) electrons. The molecule has 1 aromatic carbocycles. The molecular weight excluding hydrogens is 446 g/mol. The third-order valence-corrected chi connectivity index (χ3v) is 8.40. The van der Waals surface area contributed by atoms with Crippen LogP contribution in [0, 0.1) is 0 Å². The summed E-state index contributed by atoms with van der Waals surface area (Å²) in [6.07, 6.45) is 2.26. The molecule has 0 saturated carbocycles. The van der Waals surface area contributed by atoms with Crippen LogP contribution in [0.2, 0.25) is 5.02 Å². The summed E-state index contributed by atoms with van der Waals surface area (Å²) in [5.41, 5.74) is 0.406. The van der Waals surface area contributed by atoms with E-state index in [9.17, 15) is 18.0 Å². The Morgan fingerprint density at radius 3 is 2.60 bits per heavy atom. The maximum atomic E-state index is 12.8. The van der Waals surface area contributed by atoms with Gasteiger partial charge in [-0.1, -0.05) is 17.7 Å². The number of nitrogens with zero attached hydrogens (tertiary/aromatic N) is 2. The molecule has 0 aliphatic carbocycles. The van der Waals surface area contributed by atoms with Gasteiger partial charge in [-0.2, -0.15) is 0 Å². The van der Waals surface area contributed by atoms with E-state index >= 15 is 0 Å². The molecule has 2 amide bonds. The second kappa shape index (κ2) is 8.66. The Morgan fingerprint density at radius 1 is 1.23 bits per heavy atom. The lowest BCUT2D eigenvalue weighted by molar-refractivity contribution is -0.116. The number of benzene rings is 1. The minimum absolute atomic E-state index is 0.0528. The first-order valence-electron chi connectivity index (χ1n) is 9.78. The highest BCUT2D eigenvalue weighted by Gasteiger charge is 2.36. The van der Waals surface area contributed by atoms with Gasteiger partial charge in [-0.15, -0.1) is 11.3 Å². The molecule has 1 atom stereocenters. The summed E-state index contributed by atoms with van der Waals surface area (Å²) >= 11 is 7.95. The van der Waals surface area contributed by atoms with Crippen LogP contribution in [0.25, 0.3) is 0 Å². The molecule has 30 heavy (non-hydrogen) atoms. The quantitative estimate of drug-likeness (QED) is 0.705. The molecular formula is C20H22ClN3O4S2. The number of hydrogen-bond donors (Lipinski definition) is 1. The summed E-state index contributed by atoms with van der Waals surface area (Å²) in [7, 11) is -3.68. The van der Waals surface area contributed by atoms with Gasteiger partial charge < -0.3 is 5.32 Å². The number of anilines is 1. The first-order chi connectivity index (χ1) is 14.4. The van der Waals surface area contributed by atoms with Crippen molar-refractivity contribution in [3.8, 4) is 0 Å². The second-order valence-electron chi connectivity index (χ2n) is 7.37. The fourth-order valence-electron chi connectivity index (χ4n) is 3.91. The van der Waals surface area contributed by atoms with Crippen LogP contribution in [0.4, 0.5) is 5.69 Å². The highest BCUT2D eigenvalue weighted by atomic mass is 35.5. The van der Waals surface area contributed by atoms with Crippen LogP contribution in [-0.4, -0.2) is 50.5 Å². The number of hydrogen-bond acceptors (Lipinski definition) is 6. The zero-order chi connectivity index (χ0) is 21.3. The molecule has 10 heteroatoms. The van der Waals surface area contributed by atoms with Gasteiger partial charge in [0.25, 0.3) is 5.91 Å². The zero-order valence-corrected chi connectivity index (χ0v) is 18.6. The van der Waals surface area contributed by atoms with Crippen LogP contribution in [0.3, 0.4) is 0 Å². The van der Waals surface area contributed by atoms with E-state index in [1.807, 2.05) is 11.4 Å². The van der Waals surface area contributed by atoms with E-state index in [1.54, 1.807) is 11.3 Å². The Hall–Kier alpha value is -1.94. The molecule has 2 aromatic rings. The predicted molar refractivity (Wildman–Crippen MR) is 118 cm³/mol. The summed E-state index contributed by atoms with van der Waals surface area (Å²) < 4.78 is 25.0. The Bertz CT molecular complexity index is 1050. The smallest absolute Gasteiger partial charge is 0.252 e. The molecule has 160 valence electrons. The average Bonchev–Trinajstić information content (AvgIpc) is 3.45. The van der Waals surface area contributed by atoms with Crippen molar-refractivity contribution < 1.29 is 18.0 Å². The van der Waals surface area contributed by atoms with E-state index in [4.69, 9.17) is 11.6 Å². The lowest BCUT2D eigenvalue weighted by Crippen LogP contribution is -2.36. The van der Waals surface area contributed by atoms with Crippen LogP contribution in [-0.2, 0) is 14.8 Å². The van der Waals surface area contributed by atoms with Gasteiger partial charge in [0.05, 0.1) is 28.1 Å². The Balaban J connectivity index is 1.49. The lowest BCUT2D eigenvalue weighted by atomic mass is 10.1. The highest BCUT2D eigenvalue weighted by molar-refractivity contribution is 7.94. The maximum absolute atomic E-state index is 12.8. The molecule has 1 N–H and O–H groups in total. The number of halogens is 1. The molecule has 2 fully saturated rings. The van der Waals surface area contributed by atoms with Gasteiger partial charge in [0.2, 0.25) is 15.9 Å². The Morgan fingerprint density at radius 2 is 2.00 bits per heavy atom. The van der Waals surface area contributed by atoms with Gasteiger partial charge in [-0.3, -0.25) is 14.5 Å². The molecule has 4 rings (SSSR count). The van der Waals surface area contributed by atoms with E-state index in [-0.39, 0.29) is 40.4 Å².